The van der Waals surface area contributed by atoms with E-state index in [1.807, 2.05) is 0 Å². The molecule has 1 rings (SSSR count). The summed E-state index contributed by atoms with van der Waals surface area (Å²) in [5.74, 6) is -0.282. The highest BCUT2D eigenvalue weighted by atomic mass is 19.1. The third kappa shape index (κ3) is 1.43. The van der Waals surface area contributed by atoms with Crippen LogP contribution in [0.25, 0.3) is 0 Å². The lowest BCUT2D eigenvalue weighted by molar-refractivity contribution is -0.114. The average molecular weight is 142 g/mol. The maximum absolute atomic E-state index is 12.8. The number of hydrogen-bond acceptors (Lipinski definition) is 1. The molecule has 0 unspecified atom stereocenters. The van der Waals surface area contributed by atoms with Crippen LogP contribution in [-0.4, -0.2) is 5.78 Å². The highest BCUT2D eigenvalue weighted by Gasteiger charge is 2.15. The van der Waals surface area contributed by atoms with Crippen molar-refractivity contribution in [2.45, 2.75) is 32.6 Å². The molecule has 0 aliphatic heterocycles. The molecule has 0 amide bonds. The Morgan fingerprint density at radius 3 is 2.40 bits per heavy atom. The van der Waals surface area contributed by atoms with Crippen LogP contribution in [0, 0.1) is 0 Å². The molecule has 0 bridgehead atoms. The second-order valence-electron chi connectivity index (χ2n) is 2.65. The van der Waals surface area contributed by atoms with Crippen molar-refractivity contribution in [3.63, 3.8) is 0 Å². The highest BCUT2D eigenvalue weighted by Crippen LogP contribution is 2.25. The first-order valence-corrected chi connectivity index (χ1v) is 3.60. The number of allylic oxidation sites excluding steroid dienone is 2. The molecule has 0 aromatic carbocycles. The van der Waals surface area contributed by atoms with Gasteiger partial charge in [0.1, 0.15) is 5.83 Å². The van der Waals surface area contributed by atoms with Gasteiger partial charge in [0.05, 0.1) is 0 Å². The van der Waals surface area contributed by atoms with Crippen LogP contribution in [-0.2, 0) is 4.79 Å². The normalized spacial score (nSPS) is 19.4. The van der Waals surface area contributed by atoms with Crippen molar-refractivity contribution in [1.29, 1.82) is 0 Å². The molecule has 0 aromatic rings. The zero-order valence-corrected chi connectivity index (χ0v) is 6.11. The Bertz CT molecular complexity index is 182. The molecule has 56 valence electrons. The van der Waals surface area contributed by atoms with Crippen LogP contribution in [0.5, 0.6) is 0 Å². The lowest BCUT2D eigenvalue weighted by Crippen LogP contribution is -2.03. The lowest BCUT2D eigenvalue weighted by Gasteiger charge is -2.11. The van der Waals surface area contributed by atoms with Crippen LogP contribution in [0.3, 0.4) is 0 Å². The standard InChI is InChI=1S/C8H11FO/c1-6(10)7-4-2-3-5-8(7)9/h2-5H2,1H3. The monoisotopic (exact) mass is 142 g/mol. The SMILES string of the molecule is CC(=O)C1=C(F)CCCC1. The zero-order valence-electron chi connectivity index (χ0n) is 6.11. The van der Waals surface area contributed by atoms with Crippen LogP contribution in [0.4, 0.5) is 4.39 Å². The van der Waals surface area contributed by atoms with Gasteiger partial charge in [0.25, 0.3) is 0 Å². The molecule has 0 radical (unpaired) electrons. The minimum atomic E-state index is -0.182. The minimum Gasteiger partial charge on any atom is -0.295 e. The Morgan fingerprint density at radius 2 is 2.00 bits per heavy atom. The largest absolute Gasteiger partial charge is 0.295 e. The van der Waals surface area contributed by atoms with E-state index >= 15 is 0 Å². The molecule has 0 heterocycles. The fourth-order valence-corrected chi connectivity index (χ4v) is 1.24. The number of carbonyl (C=O) groups is 1. The van der Waals surface area contributed by atoms with Gasteiger partial charge in [0.2, 0.25) is 0 Å². The molecule has 2 heteroatoms. The van der Waals surface area contributed by atoms with E-state index in [0.717, 1.165) is 12.8 Å². The molecule has 0 saturated carbocycles. The summed E-state index contributed by atoms with van der Waals surface area (Å²) in [6.07, 6.45) is 2.96. The second-order valence-corrected chi connectivity index (χ2v) is 2.65. The van der Waals surface area contributed by atoms with Crippen LogP contribution in [0.2, 0.25) is 0 Å². The summed E-state index contributed by atoms with van der Waals surface area (Å²) < 4.78 is 12.8. The Balaban J connectivity index is 2.78. The molecule has 1 aliphatic rings. The number of hydrogen-bond donors (Lipinski definition) is 0. The van der Waals surface area contributed by atoms with Gasteiger partial charge in [-0.1, -0.05) is 0 Å². The van der Waals surface area contributed by atoms with Crippen molar-refractivity contribution in [3.05, 3.63) is 11.4 Å². The van der Waals surface area contributed by atoms with Gasteiger partial charge in [-0.05, 0) is 32.6 Å². The highest BCUT2D eigenvalue weighted by molar-refractivity contribution is 5.93. The van der Waals surface area contributed by atoms with Crippen molar-refractivity contribution in [2.75, 3.05) is 0 Å². The van der Waals surface area contributed by atoms with E-state index in [1.165, 1.54) is 6.92 Å². The van der Waals surface area contributed by atoms with Crippen molar-refractivity contribution in [1.82, 2.24) is 0 Å². The van der Waals surface area contributed by atoms with Gasteiger partial charge in [-0.3, -0.25) is 4.79 Å². The van der Waals surface area contributed by atoms with Crippen LogP contribution in [0.1, 0.15) is 32.6 Å². The van der Waals surface area contributed by atoms with Crippen molar-refractivity contribution >= 4 is 5.78 Å². The maximum Gasteiger partial charge on any atom is 0.158 e. The summed E-state index contributed by atoms with van der Waals surface area (Å²) in [5, 5.41) is 0. The van der Waals surface area contributed by atoms with Crippen molar-refractivity contribution in [2.24, 2.45) is 0 Å². The first kappa shape index (κ1) is 7.45. The molecule has 0 saturated heterocycles. The lowest BCUT2D eigenvalue weighted by atomic mass is 9.96. The van der Waals surface area contributed by atoms with Gasteiger partial charge >= 0.3 is 0 Å². The van der Waals surface area contributed by atoms with Crippen LogP contribution >= 0.6 is 0 Å². The second kappa shape index (κ2) is 2.95. The number of Topliss-reactive ketones (excluding diaryl/α,β-unsaturated/α-hetero) is 1. The minimum absolute atomic E-state index is 0.0998. The smallest absolute Gasteiger partial charge is 0.158 e. The predicted molar refractivity (Wildman–Crippen MR) is 37.3 cm³/mol. The maximum atomic E-state index is 12.8. The summed E-state index contributed by atoms with van der Waals surface area (Å²) >= 11 is 0. The Labute approximate surface area is 59.9 Å². The van der Waals surface area contributed by atoms with Crippen LogP contribution < -0.4 is 0 Å². The van der Waals surface area contributed by atoms with E-state index in [1.54, 1.807) is 0 Å². The predicted octanol–water partition coefficient (Wildman–Crippen LogP) is 2.37. The van der Waals surface area contributed by atoms with Gasteiger partial charge in [-0.15, -0.1) is 0 Å². The summed E-state index contributed by atoms with van der Waals surface area (Å²) in [5.41, 5.74) is 0.422. The van der Waals surface area contributed by atoms with Crippen LogP contribution in [0.15, 0.2) is 11.4 Å². The molecule has 0 N–H and O–H groups in total. The van der Waals surface area contributed by atoms with Gasteiger partial charge in [-0.2, -0.15) is 0 Å². The number of carbonyl (C=O) groups excluding carboxylic acids is 1. The van der Waals surface area contributed by atoms with Crippen molar-refractivity contribution in [3.8, 4) is 0 Å². The number of ketones is 1. The zero-order chi connectivity index (χ0) is 7.56. The summed E-state index contributed by atoms with van der Waals surface area (Å²) in [6.45, 7) is 1.43. The number of halogens is 1. The first-order valence-electron chi connectivity index (χ1n) is 3.60. The Hall–Kier alpha value is -0.660. The summed E-state index contributed by atoms with van der Waals surface area (Å²) in [4.78, 5) is 10.7. The molecular formula is C8H11FO. The third-order valence-corrected chi connectivity index (χ3v) is 1.83. The molecule has 10 heavy (non-hydrogen) atoms. The molecular weight excluding hydrogens is 131 g/mol. The molecule has 0 fully saturated rings. The van der Waals surface area contributed by atoms with Gasteiger partial charge in [-0.25, -0.2) is 4.39 Å². The van der Waals surface area contributed by atoms with Gasteiger partial charge in [0.15, 0.2) is 5.78 Å². The third-order valence-electron chi connectivity index (χ3n) is 1.83. The molecule has 0 atom stereocenters. The summed E-state index contributed by atoms with van der Waals surface area (Å²) in [6, 6.07) is 0. The van der Waals surface area contributed by atoms with E-state index in [-0.39, 0.29) is 11.6 Å². The molecule has 1 nitrogen and oxygen atoms in total. The van der Waals surface area contributed by atoms with E-state index in [4.69, 9.17) is 0 Å². The summed E-state index contributed by atoms with van der Waals surface area (Å²) in [7, 11) is 0. The van der Waals surface area contributed by atoms with E-state index in [0.29, 0.717) is 18.4 Å². The Morgan fingerprint density at radius 1 is 1.40 bits per heavy atom. The Kier molecular flexibility index (Phi) is 2.20. The average Bonchev–Trinajstić information content (AvgIpc) is 1.88. The molecule has 0 aromatic heterocycles. The van der Waals surface area contributed by atoms with Gasteiger partial charge in [0, 0.05) is 5.57 Å². The van der Waals surface area contributed by atoms with E-state index < -0.39 is 0 Å². The topological polar surface area (TPSA) is 17.1 Å². The number of rotatable bonds is 1. The van der Waals surface area contributed by atoms with Gasteiger partial charge < -0.3 is 0 Å². The van der Waals surface area contributed by atoms with E-state index in [9.17, 15) is 9.18 Å². The molecule has 1 aliphatic carbocycles. The van der Waals surface area contributed by atoms with Crippen molar-refractivity contribution < 1.29 is 9.18 Å². The van der Waals surface area contributed by atoms with E-state index in [2.05, 4.69) is 0 Å². The fourth-order valence-electron chi connectivity index (χ4n) is 1.24. The molecule has 0 spiro atoms. The first-order chi connectivity index (χ1) is 4.72. The fraction of sp³-hybridized carbons (Fsp3) is 0.625. The quantitative estimate of drug-likeness (QED) is 0.549.